The normalized spacial score (nSPS) is 16.8. The summed E-state index contributed by atoms with van der Waals surface area (Å²) in [6.07, 6.45) is 0.931. The van der Waals surface area contributed by atoms with Crippen LogP contribution in [0.25, 0.3) is 5.57 Å². The Hall–Kier alpha value is -3.19. The van der Waals surface area contributed by atoms with Crippen molar-refractivity contribution < 1.29 is 23.8 Å². The van der Waals surface area contributed by atoms with Gasteiger partial charge in [-0.1, -0.05) is 49.4 Å². The summed E-state index contributed by atoms with van der Waals surface area (Å²) < 4.78 is 20.2. The molecule has 32 heavy (non-hydrogen) atoms. The van der Waals surface area contributed by atoms with E-state index in [1.165, 1.54) is 13.0 Å². The van der Waals surface area contributed by atoms with Crippen LogP contribution in [0, 0.1) is 5.82 Å². The average Bonchev–Trinajstić information content (AvgIpc) is 2.78. The smallest absolute Gasteiger partial charge is 0.412 e. The maximum Gasteiger partial charge on any atom is 0.412 e. The SMILES string of the molecule is CC(=C(NC(=O)OCc1ccccc1)C(=O)O)c1ccc(C2(C)CCN(C)CC2)cc1F. The van der Waals surface area contributed by atoms with Crippen LogP contribution in [0.3, 0.4) is 0 Å². The third kappa shape index (κ3) is 5.53. The fourth-order valence-corrected chi connectivity index (χ4v) is 3.90. The maximum atomic E-state index is 15.1. The molecule has 0 radical (unpaired) electrons. The van der Waals surface area contributed by atoms with Crippen LogP contribution in [0.1, 0.15) is 43.4 Å². The summed E-state index contributed by atoms with van der Waals surface area (Å²) in [6.45, 7) is 5.48. The van der Waals surface area contributed by atoms with E-state index in [2.05, 4.69) is 24.2 Å². The highest BCUT2D eigenvalue weighted by Gasteiger charge is 2.31. The van der Waals surface area contributed by atoms with E-state index in [9.17, 15) is 14.7 Å². The molecular formula is C25H29FN2O4. The van der Waals surface area contributed by atoms with Gasteiger partial charge in [0.15, 0.2) is 0 Å². The molecule has 0 aromatic heterocycles. The van der Waals surface area contributed by atoms with Crippen molar-refractivity contribution in [3.63, 3.8) is 0 Å². The van der Waals surface area contributed by atoms with Gasteiger partial charge in [0, 0.05) is 5.56 Å². The number of carboxylic acid groups (broad SMARTS) is 1. The van der Waals surface area contributed by atoms with E-state index < -0.39 is 23.6 Å². The lowest BCUT2D eigenvalue weighted by Crippen LogP contribution is -2.38. The van der Waals surface area contributed by atoms with E-state index in [4.69, 9.17) is 4.74 Å². The van der Waals surface area contributed by atoms with Crippen LogP contribution >= 0.6 is 0 Å². The van der Waals surface area contributed by atoms with Crippen LogP contribution in [0.4, 0.5) is 9.18 Å². The molecule has 2 aromatic rings. The highest BCUT2D eigenvalue weighted by atomic mass is 19.1. The van der Waals surface area contributed by atoms with E-state index in [0.717, 1.165) is 37.1 Å². The second-order valence-electron chi connectivity index (χ2n) is 8.55. The van der Waals surface area contributed by atoms with Crippen LogP contribution < -0.4 is 5.32 Å². The van der Waals surface area contributed by atoms with E-state index >= 15 is 4.39 Å². The third-order valence-corrected chi connectivity index (χ3v) is 6.19. The van der Waals surface area contributed by atoms with E-state index in [-0.39, 0.29) is 23.2 Å². The number of carbonyl (C=O) groups is 2. The summed E-state index contributed by atoms with van der Waals surface area (Å²) in [5.41, 5.74) is 1.37. The monoisotopic (exact) mass is 440 g/mol. The first kappa shape index (κ1) is 23.5. The lowest BCUT2D eigenvalue weighted by molar-refractivity contribution is -0.133. The van der Waals surface area contributed by atoms with E-state index in [1.807, 2.05) is 24.3 Å². The molecule has 170 valence electrons. The molecule has 0 atom stereocenters. The van der Waals surface area contributed by atoms with Gasteiger partial charge in [0.1, 0.15) is 18.1 Å². The Balaban J connectivity index is 1.78. The maximum absolute atomic E-state index is 15.1. The number of hydrogen-bond acceptors (Lipinski definition) is 4. The zero-order valence-corrected chi connectivity index (χ0v) is 18.7. The van der Waals surface area contributed by atoms with E-state index in [1.54, 1.807) is 18.2 Å². The number of nitrogens with one attached hydrogen (secondary N) is 1. The van der Waals surface area contributed by atoms with Gasteiger partial charge in [0.25, 0.3) is 0 Å². The number of nitrogens with zero attached hydrogens (tertiary/aromatic N) is 1. The molecular weight excluding hydrogens is 411 g/mol. The zero-order valence-electron chi connectivity index (χ0n) is 18.7. The molecule has 0 spiro atoms. The average molecular weight is 441 g/mol. The largest absolute Gasteiger partial charge is 0.477 e. The molecule has 1 saturated heterocycles. The number of rotatable bonds is 6. The number of hydrogen-bond donors (Lipinski definition) is 2. The minimum absolute atomic E-state index is 0.00451. The fraction of sp³-hybridized carbons (Fsp3) is 0.360. The first-order valence-electron chi connectivity index (χ1n) is 10.6. The van der Waals surface area contributed by atoms with Crippen LogP contribution in [0.2, 0.25) is 0 Å². The molecule has 2 N–H and O–H groups in total. The zero-order chi connectivity index (χ0) is 23.3. The van der Waals surface area contributed by atoms with Crippen LogP contribution in [0.15, 0.2) is 54.2 Å². The first-order valence-corrected chi connectivity index (χ1v) is 10.6. The molecule has 0 bridgehead atoms. The van der Waals surface area contributed by atoms with Crippen LogP contribution in [0.5, 0.6) is 0 Å². The Labute approximate surface area is 187 Å². The number of allylic oxidation sites excluding steroid dienone is 1. The molecule has 1 amide bonds. The van der Waals surface area contributed by atoms with Crippen molar-refractivity contribution in [2.45, 2.75) is 38.7 Å². The highest BCUT2D eigenvalue weighted by molar-refractivity contribution is 5.98. The molecule has 0 aliphatic carbocycles. The molecule has 0 unspecified atom stereocenters. The second-order valence-corrected chi connectivity index (χ2v) is 8.55. The van der Waals surface area contributed by atoms with Gasteiger partial charge in [-0.2, -0.15) is 0 Å². The Morgan fingerprint density at radius 2 is 1.81 bits per heavy atom. The predicted molar refractivity (Wildman–Crippen MR) is 120 cm³/mol. The summed E-state index contributed by atoms with van der Waals surface area (Å²) in [7, 11) is 2.07. The van der Waals surface area contributed by atoms with Crippen molar-refractivity contribution in [1.82, 2.24) is 10.2 Å². The summed E-state index contributed by atoms with van der Waals surface area (Å²) >= 11 is 0. The standard InChI is InChI=1S/C25H29FN2O4/c1-17(22(23(29)30)27-24(31)32-16-18-7-5-4-6-8-18)20-10-9-19(15-21(20)26)25(2)11-13-28(3)14-12-25/h4-10,15H,11-14,16H2,1-3H3,(H,27,31)(H,29,30). The van der Waals surface area contributed by atoms with Gasteiger partial charge < -0.3 is 14.7 Å². The van der Waals surface area contributed by atoms with Gasteiger partial charge in [-0.3, -0.25) is 5.32 Å². The van der Waals surface area contributed by atoms with Gasteiger partial charge in [-0.05, 0) is 68.1 Å². The number of alkyl carbamates (subject to hydrolysis) is 1. The Morgan fingerprint density at radius 1 is 1.16 bits per heavy atom. The van der Waals surface area contributed by atoms with Gasteiger partial charge >= 0.3 is 12.1 Å². The van der Waals surface area contributed by atoms with Gasteiger partial charge in [-0.25, -0.2) is 14.0 Å². The Bertz CT molecular complexity index is 1010. The number of piperidine rings is 1. The van der Waals surface area contributed by atoms with Crippen molar-refractivity contribution in [2.24, 2.45) is 0 Å². The molecule has 1 fully saturated rings. The predicted octanol–water partition coefficient (Wildman–Crippen LogP) is 4.55. The van der Waals surface area contributed by atoms with Gasteiger partial charge in [-0.15, -0.1) is 0 Å². The molecule has 3 rings (SSSR count). The van der Waals surface area contributed by atoms with Gasteiger partial charge in [0.2, 0.25) is 0 Å². The Morgan fingerprint density at radius 3 is 2.41 bits per heavy atom. The molecule has 1 aliphatic heterocycles. The lowest BCUT2D eigenvalue weighted by atomic mass is 9.74. The van der Waals surface area contributed by atoms with Crippen molar-refractivity contribution >= 4 is 17.6 Å². The summed E-state index contributed by atoms with van der Waals surface area (Å²) in [4.78, 5) is 26.2. The molecule has 0 saturated carbocycles. The number of aliphatic carboxylic acids is 1. The third-order valence-electron chi connectivity index (χ3n) is 6.19. The minimum atomic E-state index is -1.37. The lowest BCUT2D eigenvalue weighted by Gasteiger charge is -2.38. The fourth-order valence-electron chi connectivity index (χ4n) is 3.90. The number of ether oxygens (including phenoxy) is 1. The molecule has 6 nitrogen and oxygen atoms in total. The number of amides is 1. The Kier molecular flexibility index (Phi) is 7.30. The quantitative estimate of drug-likeness (QED) is 0.645. The molecule has 2 aromatic carbocycles. The van der Waals surface area contributed by atoms with Crippen LogP contribution in [-0.2, 0) is 21.6 Å². The molecule has 7 heteroatoms. The number of carboxylic acids is 1. The number of halogens is 1. The number of carbonyl (C=O) groups excluding carboxylic acids is 1. The summed E-state index contributed by atoms with van der Waals surface area (Å²) in [5, 5.41) is 11.8. The van der Waals surface area contributed by atoms with Crippen molar-refractivity contribution in [3.05, 3.63) is 76.7 Å². The van der Waals surface area contributed by atoms with Crippen molar-refractivity contribution in [3.8, 4) is 0 Å². The summed E-state index contributed by atoms with van der Waals surface area (Å²) in [5.74, 6) is -1.89. The first-order chi connectivity index (χ1) is 15.2. The minimum Gasteiger partial charge on any atom is -0.477 e. The highest BCUT2D eigenvalue weighted by Crippen LogP contribution is 2.36. The summed E-state index contributed by atoms with van der Waals surface area (Å²) in [6, 6.07) is 13.9. The van der Waals surface area contributed by atoms with Crippen LogP contribution in [-0.4, -0.2) is 42.2 Å². The van der Waals surface area contributed by atoms with Gasteiger partial charge in [0.05, 0.1) is 0 Å². The number of likely N-dealkylation sites (tertiary alicyclic amines) is 1. The topological polar surface area (TPSA) is 78.9 Å². The van der Waals surface area contributed by atoms with Crippen molar-refractivity contribution in [1.29, 1.82) is 0 Å². The number of benzene rings is 2. The second kappa shape index (κ2) is 9.96. The van der Waals surface area contributed by atoms with E-state index in [0.29, 0.717) is 0 Å². The molecule has 1 heterocycles. The molecule has 1 aliphatic rings. The van der Waals surface area contributed by atoms with Crippen molar-refractivity contribution in [2.75, 3.05) is 20.1 Å².